The first-order chi connectivity index (χ1) is 13.8. The molecule has 1 heteroatoms. The highest BCUT2D eigenvalue weighted by molar-refractivity contribution is 5.95. The fraction of sp³-hybridized carbons (Fsp3) is 0.897. The van der Waals surface area contributed by atoms with Crippen LogP contribution < -0.4 is 0 Å². The Balaban J connectivity index is 1.51. The van der Waals surface area contributed by atoms with E-state index in [-0.39, 0.29) is 5.41 Å². The summed E-state index contributed by atoms with van der Waals surface area (Å²) in [5.74, 6) is 4.11. The van der Waals surface area contributed by atoms with E-state index in [4.69, 9.17) is 0 Å². The monoisotopic (exact) mass is 410 g/mol. The maximum atomic E-state index is 12.7. The summed E-state index contributed by atoms with van der Waals surface area (Å²) in [5, 5.41) is 0. The zero-order valence-electron chi connectivity index (χ0n) is 20.8. The molecular weight excluding hydrogens is 364 g/mol. The van der Waals surface area contributed by atoms with Gasteiger partial charge >= 0.3 is 0 Å². The minimum absolute atomic E-state index is 0.170. The van der Waals surface area contributed by atoms with E-state index in [9.17, 15) is 4.79 Å². The SMILES string of the molecule is CC1(C)CC[C@]2(C)CC[C@]3(C)C(CCC4C5C=CC(=O)C(C)(C)[C@@H]5CC[C@]43C)C2C1. The van der Waals surface area contributed by atoms with Crippen LogP contribution in [-0.2, 0) is 4.79 Å². The maximum Gasteiger partial charge on any atom is 0.161 e. The maximum absolute atomic E-state index is 12.7. The summed E-state index contributed by atoms with van der Waals surface area (Å²) in [6.07, 6.45) is 16.9. The number of ketones is 1. The minimum Gasteiger partial charge on any atom is -0.294 e. The molecule has 0 N–H and O–H groups in total. The molecule has 0 bridgehead atoms. The molecule has 4 saturated carbocycles. The lowest BCUT2D eigenvalue weighted by atomic mass is 9.34. The molecule has 0 amide bonds. The van der Waals surface area contributed by atoms with Gasteiger partial charge in [-0.1, -0.05) is 54.5 Å². The van der Waals surface area contributed by atoms with E-state index in [0.717, 1.165) is 17.8 Å². The van der Waals surface area contributed by atoms with Gasteiger partial charge in [-0.15, -0.1) is 0 Å². The number of carbonyl (C=O) groups excluding carboxylic acids is 1. The Morgan fingerprint density at radius 1 is 0.700 bits per heavy atom. The summed E-state index contributed by atoms with van der Waals surface area (Å²) in [6.45, 7) is 17.6. The average Bonchev–Trinajstić information content (AvgIpc) is 2.66. The quantitative estimate of drug-likeness (QED) is 0.397. The summed E-state index contributed by atoms with van der Waals surface area (Å²) in [4.78, 5) is 12.7. The molecule has 1 nitrogen and oxygen atoms in total. The lowest BCUT2D eigenvalue weighted by molar-refractivity contribution is -0.210. The third-order valence-electron chi connectivity index (χ3n) is 12.4. The first-order valence-corrected chi connectivity index (χ1v) is 13.1. The van der Waals surface area contributed by atoms with Crippen LogP contribution in [0, 0.1) is 56.7 Å². The second-order valence-corrected chi connectivity index (χ2v) is 14.4. The average molecular weight is 411 g/mol. The molecule has 0 heterocycles. The Labute approximate surface area is 185 Å². The summed E-state index contributed by atoms with van der Waals surface area (Å²) in [7, 11) is 0. The Morgan fingerprint density at radius 2 is 1.33 bits per heavy atom. The number of allylic oxidation sites excluding steroid dienone is 2. The van der Waals surface area contributed by atoms with Crippen molar-refractivity contribution in [3.8, 4) is 0 Å². The number of fused-ring (bicyclic) bond motifs is 7. The van der Waals surface area contributed by atoms with Crippen molar-refractivity contribution in [1.29, 1.82) is 0 Å². The molecule has 0 radical (unpaired) electrons. The highest BCUT2D eigenvalue weighted by Gasteiger charge is 2.66. The highest BCUT2D eigenvalue weighted by atomic mass is 16.1. The summed E-state index contributed by atoms with van der Waals surface area (Å²) in [6, 6.07) is 0. The van der Waals surface area contributed by atoms with Crippen LogP contribution in [0.1, 0.15) is 106 Å². The largest absolute Gasteiger partial charge is 0.294 e. The van der Waals surface area contributed by atoms with E-state index in [1.54, 1.807) is 0 Å². The van der Waals surface area contributed by atoms with Gasteiger partial charge in [0.15, 0.2) is 5.78 Å². The lowest BCUT2D eigenvalue weighted by Crippen LogP contribution is -2.63. The number of hydrogen-bond donors (Lipinski definition) is 0. The molecule has 5 rings (SSSR count). The molecule has 0 aromatic carbocycles. The van der Waals surface area contributed by atoms with E-state index in [1.165, 1.54) is 57.8 Å². The van der Waals surface area contributed by atoms with Crippen molar-refractivity contribution in [3.05, 3.63) is 12.2 Å². The Morgan fingerprint density at radius 3 is 2.07 bits per heavy atom. The van der Waals surface area contributed by atoms with Crippen LogP contribution in [0.15, 0.2) is 12.2 Å². The van der Waals surface area contributed by atoms with Crippen molar-refractivity contribution in [1.82, 2.24) is 0 Å². The normalized spacial score (nSPS) is 53.8. The molecule has 5 aliphatic rings. The van der Waals surface area contributed by atoms with Gasteiger partial charge in [0.2, 0.25) is 0 Å². The van der Waals surface area contributed by atoms with Crippen molar-refractivity contribution in [2.24, 2.45) is 56.7 Å². The van der Waals surface area contributed by atoms with Gasteiger partial charge in [-0.2, -0.15) is 0 Å². The van der Waals surface area contributed by atoms with Crippen LogP contribution in [0.5, 0.6) is 0 Å². The number of rotatable bonds is 0. The van der Waals surface area contributed by atoms with Crippen molar-refractivity contribution in [3.63, 3.8) is 0 Å². The van der Waals surface area contributed by atoms with Crippen molar-refractivity contribution in [2.45, 2.75) is 106 Å². The molecule has 8 atom stereocenters. The van der Waals surface area contributed by atoms with Crippen LogP contribution in [0.2, 0.25) is 0 Å². The zero-order chi connectivity index (χ0) is 21.7. The van der Waals surface area contributed by atoms with Crippen LogP contribution >= 0.6 is 0 Å². The summed E-state index contributed by atoms with van der Waals surface area (Å²) < 4.78 is 0. The van der Waals surface area contributed by atoms with Gasteiger partial charge in [-0.25, -0.2) is 0 Å². The van der Waals surface area contributed by atoms with Crippen molar-refractivity contribution in [2.75, 3.05) is 0 Å². The minimum atomic E-state index is -0.170. The molecular formula is C29H46O. The molecule has 30 heavy (non-hydrogen) atoms. The smallest absolute Gasteiger partial charge is 0.161 e. The second-order valence-electron chi connectivity index (χ2n) is 14.4. The lowest BCUT2D eigenvalue weighted by Gasteiger charge is -2.70. The first-order valence-electron chi connectivity index (χ1n) is 13.1. The Bertz CT molecular complexity index is 773. The fourth-order valence-corrected chi connectivity index (χ4v) is 9.92. The predicted molar refractivity (Wildman–Crippen MR) is 125 cm³/mol. The van der Waals surface area contributed by atoms with E-state index in [2.05, 4.69) is 54.5 Å². The molecule has 0 aromatic heterocycles. The van der Waals surface area contributed by atoms with Gasteiger partial charge in [-0.05, 0) is 115 Å². The third-order valence-corrected chi connectivity index (χ3v) is 12.4. The molecule has 0 aromatic rings. The molecule has 0 saturated heterocycles. The fourth-order valence-electron chi connectivity index (χ4n) is 9.92. The van der Waals surface area contributed by atoms with Gasteiger partial charge < -0.3 is 0 Å². The Kier molecular flexibility index (Phi) is 4.43. The summed E-state index contributed by atoms with van der Waals surface area (Å²) in [5.41, 5.74) is 1.84. The molecule has 4 fully saturated rings. The third kappa shape index (κ3) is 2.62. The van der Waals surface area contributed by atoms with Gasteiger partial charge in [-0.3, -0.25) is 4.79 Å². The number of carbonyl (C=O) groups is 1. The topological polar surface area (TPSA) is 17.1 Å². The molecule has 5 aliphatic carbocycles. The van der Waals surface area contributed by atoms with Crippen LogP contribution in [0.25, 0.3) is 0 Å². The van der Waals surface area contributed by atoms with Gasteiger partial charge in [0, 0.05) is 5.41 Å². The molecule has 0 spiro atoms. The van der Waals surface area contributed by atoms with Crippen LogP contribution in [0.3, 0.4) is 0 Å². The first kappa shape index (κ1) is 21.3. The Hall–Kier alpha value is -0.590. The molecule has 0 aliphatic heterocycles. The standard InChI is InChI=1S/C29H46O/c1-25(2)14-15-27(5)16-17-29(7)22(23(27)18-25)10-9-21-19-8-11-24(30)26(3,4)20(19)12-13-28(21,29)6/h8,11,19-23H,9-10,12-18H2,1-7H3/t19?,20-,21?,22?,23?,27-,28-,29-/m1/s1. The van der Waals surface area contributed by atoms with Crippen LogP contribution in [-0.4, -0.2) is 5.78 Å². The second kappa shape index (κ2) is 6.26. The van der Waals surface area contributed by atoms with Crippen LogP contribution in [0.4, 0.5) is 0 Å². The van der Waals surface area contributed by atoms with E-state index >= 15 is 0 Å². The van der Waals surface area contributed by atoms with Crippen molar-refractivity contribution >= 4 is 5.78 Å². The summed E-state index contributed by atoms with van der Waals surface area (Å²) >= 11 is 0. The predicted octanol–water partition coefficient (Wildman–Crippen LogP) is 7.84. The number of hydrogen-bond acceptors (Lipinski definition) is 1. The molecule has 168 valence electrons. The van der Waals surface area contributed by atoms with E-state index in [1.807, 2.05) is 6.08 Å². The molecule has 4 unspecified atom stereocenters. The van der Waals surface area contributed by atoms with Gasteiger partial charge in [0.1, 0.15) is 0 Å². The van der Waals surface area contributed by atoms with Crippen molar-refractivity contribution < 1.29 is 4.79 Å². The van der Waals surface area contributed by atoms with Gasteiger partial charge in [0.25, 0.3) is 0 Å². The zero-order valence-corrected chi connectivity index (χ0v) is 20.8. The van der Waals surface area contributed by atoms with Gasteiger partial charge in [0.05, 0.1) is 0 Å². The highest BCUT2D eigenvalue weighted by Crippen LogP contribution is 2.74. The van der Waals surface area contributed by atoms with E-state index < -0.39 is 0 Å². The van der Waals surface area contributed by atoms with E-state index in [0.29, 0.717) is 39.3 Å².